The van der Waals surface area contributed by atoms with Gasteiger partial charge in [-0.05, 0) is 50.4 Å². The van der Waals surface area contributed by atoms with Crippen molar-refractivity contribution in [3.63, 3.8) is 0 Å². The molecular weight excluding hydrogens is 418 g/mol. The highest BCUT2D eigenvalue weighted by Gasteiger charge is 2.31. The molecule has 0 aromatic heterocycles. The van der Waals surface area contributed by atoms with Gasteiger partial charge in [0.05, 0.1) is 9.79 Å². The van der Waals surface area contributed by atoms with Crippen molar-refractivity contribution in [2.45, 2.75) is 16.2 Å². The number of aliphatic carboxylic acids is 2. The van der Waals surface area contributed by atoms with Gasteiger partial charge >= 0.3 is 11.9 Å². The Morgan fingerprint density at radius 3 is 2.17 bits per heavy atom. The molecule has 0 aliphatic carbocycles. The van der Waals surface area contributed by atoms with Gasteiger partial charge in [-0.3, -0.25) is 0 Å². The number of nitrogens with zero attached hydrogens (tertiary/aromatic N) is 1. The molecule has 0 bridgehead atoms. The molecule has 0 radical (unpaired) electrons. The Kier molecular flexibility index (Phi) is 7.18. The number of carboxylic acid groups (broad SMARTS) is 2. The largest absolute Gasteiger partial charge is 0.473 e. The van der Waals surface area contributed by atoms with Gasteiger partial charge in [-0.15, -0.1) is 0 Å². The van der Waals surface area contributed by atoms with E-state index in [9.17, 15) is 8.42 Å². The molecule has 154 valence electrons. The molecular formula is C20H20ClNO6S. The highest BCUT2D eigenvalue weighted by molar-refractivity contribution is 7.91. The average molecular weight is 438 g/mol. The van der Waals surface area contributed by atoms with Gasteiger partial charge in [0, 0.05) is 22.7 Å². The summed E-state index contributed by atoms with van der Waals surface area (Å²) in [5.74, 6) is -3.65. The van der Waals surface area contributed by atoms with Gasteiger partial charge in [0.15, 0.2) is 0 Å². The van der Waals surface area contributed by atoms with Crippen molar-refractivity contribution in [3.05, 3.63) is 64.7 Å². The van der Waals surface area contributed by atoms with Crippen LogP contribution in [0.3, 0.4) is 0 Å². The van der Waals surface area contributed by atoms with Crippen molar-refractivity contribution in [3.8, 4) is 0 Å². The molecule has 0 fully saturated rings. The Hall–Kier alpha value is -2.68. The molecule has 7 nitrogen and oxygen atoms in total. The number of carboxylic acids is 2. The molecule has 0 atom stereocenters. The molecule has 1 aliphatic rings. The molecule has 0 saturated carbocycles. The molecule has 0 amide bonds. The number of hydrogen-bond acceptors (Lipinski definition) is 5. The van der Waals surface area contributed by atoms with Gasteiger partial charge in [-0.2, -0.15) is 0 Å². The fraction of sp³-hybridized carbons (Fsp3) is 0.200. The van der Waals surface area contributed by atoms with Crippen LogP contribution in [0, 0.1) is 0 Å². The second kappa shape index (κ2) is 9.21. The lowest BCUT2D eigenvalue weighted by atomic mass is 9.96. The van der Waals surface area contributed by atoms with Crippen LogP contribution in [0.4, 0.5) is 0 Å². The first-order valence-corrected chi connectivity index (χ1v) is 10.4. The van der Waals surface area contributed by atoms with Crippen LogP contribution in [-0.4, -0.2) is 56.1 Å². The monoisotopic (exact) mass is 437 g/mol. The summed E-state index contributed by atoms with van der Waals surface area (Å²) in [6.45, 7) is 0.897. The second-order valence-electron chi connectivity index (χ2n) is 6.46. The molecule has 3 rings (SSSR count). The van der Waals surface area contributed by atoms with E-state index in [2.05, 4.69) is 11.0 Å². The van der Waals surface area contributed by atoms with Crippen LogP contribution < -0.4 is 0 Å². The van der Waals surface area contributed by atoms with E-state index in [0.29, 0.717) is 20.4 Å². The van der Waals surface area contributed by atoms with Crippen molar-refractivity contribution >= 4 is 38.9 Å². The van der Waals surface area contributed by atoms with E-state index < -0.39 is 21.8 Å². The van der Waals surface area contributed by atoms with Crippen molar-refractivity contribution in [1.29, 1.82) is 0 Å². The maximum Gasteiger partial charge on any atom is 0.414 e. The minimum atomic E-state index is -3.50. The Balaban J connectivity index is 0.000000438. The van der Waals surface area contributed by atoms with Crippen LogP contribution in [-0.2, 0) is 19.4 Å². The number of rotatable bonds is 3. The van der Waals surface area contributed by atoms with Crippen molar-refractivity contribution < 1.29 is 28.2 Å². The summed E-state index contributed by atoms with van der Waals surface area (Å²) in [5.41, 5.74) is 2.38. The van der Waals surface area contributed by atoms with Crippen LogP contribution in [0.5, 0.6) is 0 Å². The zero-order chi connectivity index (χ0) is 21.8. The Morgan fingerprint density at radius 1 is 1.00 bits per heavy atom. The summed E-state index contributed by atoms with van der Waals surface area (Å²) < 4.78 is 25.7. The molecule has 9 heteroatoms. The summed E-state index contributed by atoms with van der Waals surface area (Å²) in [4.78, 5) is 21.0. The first kappa shape index (κ1) is 22.6. The lowest BCUT2D eigenvalue weighted by Gasteiger charge is -2.23. The number of carbonyl (C=O) groups is 2. The van der Waals surface area contributed by atoms with Crippen molar-refractivity contribution in [2.24, 2.45) is 0 Å². The lowest BCUT2D eigenvalue weighted by molar-refractivity contribution is -0.159. The van der Waals surface area contributed by atoms with Gasteiger partial charge in [0.1, 0.15) is 0 Å². The maximum absolute atomic E-state index is 12.9. The first-order chi connectivity index (χ1) is 13.6. The normalized spacial score (nSPS) is 15.1. The number of sulfone groups is 1. The van der Waals surface area contributed by atoms with Crippen LogP contribution in [0.25, 0.3) is 5.57 Å². The highest BCUT2D eigenvalue weighted by Crippen LogP contribution is 2.42. The Labute approximate surface area is 173 Å². The topological polar surface area (TPSA) is 112 Å². The third-order valence-corrected chi connectivity index (χ3v) is 6.20. The van der Waals surface area contributed by atoms with Crippen LogP contribution in [0.2, 0.25) is 5.02 Å². The van der Waals surface area contributed by atoms with Gasteiger partial charge in [0.25, 0.3) is 0 Å². The SMILES string of the molecule is CN(C)CC/C=C1\c2ccccc2S(=O)(=O)c2ccc(Cl)cc21.O=C(O)C(=O)O. The van der Waals surface area contributed by atoms with Crippen LogP contribution in [0.15, 0.2) is 58.3 Å². The zero-order valence-corrected chi connectivity index (χ0v) is 17.4. The molecule has 1 heterocycles. The van der Waals surface area contributed by atoms with E-state index in [1.807, 2.05) is 26.2 Å². The molecule has 0 saturated heterocycles. The zero-order valence-electron chi connectivity index (χ0n) is 15.8. The fourth-order valence-corrected chi connectivity index (χ4v) is 4.66. The Morgan fingerprint density at radius 2 is 1.59 bits per heavy atom. The highest BCUT2D eigenvalue weighted by atomic mass is 35.5. The standard InChI is InChI=1S/C18H18ClNO2S.C2H2O4/c1-20(2)11-5-7-14-15-6-3-4-8-17(15)23(21,22)18-10-9-13(19)12-16(14)18;3-1(4)2(5)6/h3-4,6-10,12H,5,11H2,1-2H3;(H,3,4)(H,5,6)/b14-7+;. The molecule has 1 aliphatic heterocycles. The third-order valence-electron chi connectivity index (χ3n) is 4.10. The molecule has 2 aromatic rings. The third kappa shape index (κ3) is 5.23. The van der Waals surface area contributed by atoms with Crippen molar-refractivity contribution in [2.75, 3.05) is 20.6 Å². The van der Waals surface area contributed by atoms with E-state index in [-0.39, 0.29) is 0 Å². The van der Waals surface area contributed by atoms with Gasteiger partial charge < -0.3 is 15.1 Å². The number of fused-ring (bicyclic) bond motifs is 2. The summed E-state index contributed by atoms with van der Waals surface area (Å²) in [6, 6.07) is 12.1. The van der Waals surface area contributed by atoms with E-state index in [4.69, 9.17) is 31.4 Å². The minimum Gasteiger partial charge on any atom is -0.473 e. The van der Waals surface area contributed by atoms with Gasteiger partial charge in [-0.1, -0.05) is 35.9 Å². The molecule has 0 unspecified atom stereocenters. The van der Waals surface area contributed by atoms with Crippen molar-refractivity contribution in [1.82, 2.24) is 4.90 Å². The molecule has 29 heavy (non-hydrogen) atoms. The van der Waals surface area contributed by atoms with Gasteiger partial charge in [-0.25, -0.2) is 18.0 Å². The summed E-state index contributed by atoms with van der Waals surface area (Å²) in [7, 11) is 0.531. The predicted molar refractivity (Wildman–Crippen MR) is 109 cm³/mol. The average Bonchev–Trinajstić information content (AvgIpc) is 2.64. The van der Waals surface area contributed by atoms with Gasteiger partial charge in [0.2, 0.25) is 9.84 Å². The van der Waals surface area contributed by atoms with E-state index in [0.717, 1.165) is 24.1 Å². The number of halogens is 1. The smallest absolute Gasteiger partial charge is 0.414 e. The second-order valence-corrected chi connectivity index (χ2v) is 8.78. The summed E-state index contributed by atoms with van der Waals surface area (Å²) >= 11 is 6.12. The van der Waals surface area contributed by atoms with E-state index in [1.165, 1.54) is 0 Å². The van der Waals surface area contributed by atoms with E-state index in [1.54, 1.807) is 30.3 Å². The summed E-state index contributed by atoms with van der Waals surface area (Å²) in [5, 5.41) is 15.3. The molecule has 2 aromatic carbocycles. The number of benzene rings is 2. The van der Waals surface area contributed by atoms with E-state index >= 15 is 0 Å². The lowest BCUT2D eigenvalue weighted by Crippen LogP contribution is -2.15. The maximum atomic E-state index is 12.9. The fourth-order valence-electron chi connectivity index (χ4n) is 2.82. The predicted octanol–water partition coefficient (Wildman–Crippen LogP) is 3.03. The molecule has 0 spiro atoms. The number of hydrogen-bond donors (Lipinski definition) is 2. The van der Waals surface area contributed by atoms with Crippen LogP contribution >= 0.6 is 11.6 Å². The first-order valence-electron chi connectivity index (χ1n) is 8.51. The summed E-state index contributed by atoms with van der Waals surface area (Å²) in [6.07, 6.45) is 2.94. The molecule has 2 N–H and O–H groups in total. The quantitative estimate of drug-likeness (QED) is 0.605. The minimum absolute atomic E-state index is 0.330. The van der Waals surface area contributed by atoms with Crippen LogP contribution in [0.1, 0.15) is 17.5 Å². The Bertz CT molecular complexity index is 1060.